The molecule has 0 spiro atoms. The van der Waals surface area contributed by atoms with Gasteiger partial charge in [-0.1, -0.05) is 13.8 Å². The van der Waals surface area contributed by atoms with E-state index in [0.717, 1.165) is 0 Å². The minimum Gasteiger partial charge on any atom is -0.481 e. The molecule has 0 aromatic carbocycles. The van der Waals surface area contributed by atoms with Gasteiger partial charge < -0.3 is 20.1 Å². The van der Waals surface area contributed by atoms with Gasteiger partial charge in [-0.2, -0.15) is 0 Å². The molecule has 2 amide bonds. The zero-order chi connectivity index (χ0) is 15.8. The second-order valence-electron chi connectivity index (χ2n) is 5.23. The highest BCUT2D eigenvalue weighted by Crippen LogP contribution is 2.25. The number of hydrogen-bond donors (Lipinski definition) is 2. The Kier molecular flexibility index (Phi) is 8.22. The van der Waals surface area contributed by atoms with Gasteiger partial charge in [0.05, 0.1) is 12.0 Å². The summed E-state index contributed by atoms with van der Waals surface area (Å²) in [4.78, 5) is 25.2. The summed E-state index contributed by atoms with van der Waals surface area (Å²) in [7, 11) is 1.58. The zero-order valence-electron chi connectivity index (χ0n) is 13.2. The van der Waals surface area contributed by atoms with E-state index in [0.29, 0.717) is 26.0 Å². The van der Waals surface area contributed by atoms with Crippen molar-refractivity contribution in [1.29, 1.82) is 0 Å². The molecule has 0 heterocycles. The van der Waals surface area contributed by atoms with Crippen molar-refractivity contribution in [3.05, 3.63) is 0 Å². The number of nitrogens with one attached hydrogen (secondary N) is 1. The van der Waals surface area contributed by atoms with Gasteiger partial charge in [-0.15, -0.1) is 0 Å². The highest BCUT2D eigenvalue weighted by molar-refractivity contribution is 5.78. The summed E-state index contributed by atoms with van der Waals surface area (Å²) in [5, 5.41) is 12.1. The largest absolute Gasteiger partial charge is 0.481 e. The van der Waals surface area contributed by atoms with Crippen LogP contribution in [-0.2, 0) is 9.53 Å². The van der Waals surface area contributed by atoms with Crippen LogP contribution in [0.4, 0.5) is 4.79 Å². The van der Waals surface area contributed by atoms with Crippen molar-refractivity contribution < 1.29 is 19.4 Å². The number of aliphatic carboxylic acids is 1. The van der Waals surface area contributed by atoms with E-state index >= 15 is 0 Å². The first kappa shape index (κ1) is 18.7. The van der Waals surface area contributed by atoms with Gasteiger partial charge in [-0.25, -0.2) is 4.79 Å². The molecular formula is C14H28N2O4. The van der Waals surface area contributed by atoms with Gasteiger partial charge in [0.1, 0.15) is 0 Å². The first-order chi connectivity index (χ1) is 9.34. The number of urea groups is 1. The number of amides is 2. The number of carbonyl (C=O) groups excluding carboxylic acids is 1. The lowest BCUT2D eigenvalue weighted by atomic mass is 9.82. The van der Waals surface area contributed by atoms with Crippen molar-refractivity contribution >= 4 is 12.0 Å². The summed E-state index contributed by atoms with van der Waals surface area (Å²) in [6, 6.07) is -0.211. The molecular weight excluding hydrogens is 260 g/mol. The van der Waals surface area contributed by atoms with Gasteiger partial charge in [-0.3, -0.25) is 4.79 Å². The summed E-state index contributed by atoms with van der Waals surface area (Å²) in [5.74, 6) is -0.865. The number of carbonyl (C=O) groups is 2. The van der Waals surface area contributed by atoms with Crippen molar-refractivity contribution in [3.63, 3.8) is 0 Å². The third kappa shape index (κ3) is 5.00. The molecule has 0 saturated heterocycles. The van der Waals surface area contributed by atoms with Crippen molar-refractivity contribution in [2.45, 2.75) is 46.6 Å². The Morgan fingerprint density at radius 1 is 1.30 bits per heavy atom. The predicted molar refractivity (Wildman–Crippen MR) is 77.8 cm³/mol. The van der Waals surface area contributed by atoms with Gasteiger partial charge >= 0.3 is 12.0 Å². The van der Waals surface area contributed by atoms with E-state index in [-0.39, 0.29) is 18.6 Å². The Morgan fingerprint density at radius 3 is 2.20 bits per heavy atom. The van der Waals surface area contributed by atoms with E-state index in [9.17, 15) is 14.7 Å². The van der Waals surface area contributed by atoms with Gasteiger partial charge in [0.15, 0.2) is 0 Å². The van der Waals surface area contributed by atoms with E-state index in [1.807, 2.05) is 27.7 Å². The lowest BCUT2D eigenvalue weighted by Crippen LogP contribution is -2.50. The summed E-state index contributed by atoms with van der Waals surface area (Å²) in [6.45, 7) is 8.57. The maximum absolute atomic E-state index is 12.2. The number of rotatable bonds is 9. The lowest BCUT2D eigenvalue weighted by Gasteiger charge is -2.31. The third-order valence-corrected chi connectivity index (χ3v) is 3.81. The number of hydrogen-bond acceptors (Lipinski definition) is 3. The molecule has 118 valence electrons. The highest BCUT2D eigenvalue weighted by atomic mass is 16.5. The Bertz CT molecular complexity index is 314. The SMILES string of the molecule is CCC(CC)(CNC(=O)N(CCOC)C(C)C)C(=O)O. The van der Waals surface area contributed by atoms with Crippen molar-refractivity contribution in [1.82, 2.24) is 10.2 Å². The van der Waals surface area contributed by atoms with Crippen LogP contribution in [0.1, 0.15) is 40.5 Å². The fraction of sp³-hybridized carbons (Fsp3) is 0.857. The molecule has 0 bridgehead atoms. The van der Waals surface area contributed by atoms with E-state index in [2.05, 4.69) is 5.32 Å². The molecule has 0 fully saturated rings. The minimum atomic E-state index is -0.889. The molecule has 0 radical (unpaired) electrons. The van der Waals surface area contributed by atoms with Crippen molar-refractivity contribution in [2.75, 3.05) is 26.8 Å². The number of methoxy groups -OCH3 is 1. The summed E-state index contributed by atoms with van der Waals surface area (Å²) < 4.78 is 4.98. The maximum Gasteiger partial charge on any atom is 0.317 e. The molecule has 0 unspecified atom stereocenters. The van der Waals surface area contributed by atoms with Crippen LogP contribution >= 0.6 is 0 Å². The van der Waals surface area contributed by atoms with Crippen molar-refractivity contribution in [3.8, 4) is 0 Å². The molecule has 0 aliphatic heterocycles. The van der Waals surface area contributed by atoms with Gasteiger partial charge in [0, 0.05) is 26.2 Å². The van der Waals surface area contributed by atoms with Crippen molar-refractivity contribution in [2.24, 2.45) is 5.41 Å². The molecule has 2 N–H and O–H groups in total. The molecule has 20 heavy (non-hydrogen) atoms. The lowest BCUT2D eigenvalue weighted by molar-refractivity contribution is -0.149. The van der Waals surface area contributed by atoms with E-state index in [1.54, 1.807) is 12.0 Å². The van der Waals surface area contributed by atoms with Crippen LogP contribution in [0.2, 0.25) is 0 Å². The average Bonchev–Trinajstić information content (AvgIpc) is 2.40. The molecule has 0 aliphatic carbocycles. The van der Waals surface area contributed by atoms with Crippen LogP contribution in [0, 0.1) is 5.41 Å². The second kappa shape index (κ2) is 8.79. The van der Waals surface area contributed by atoms with E-state index in [1.165, 1.54) is 0 Å². The normalized spacial score (nSPS) is 11.5. The first-order valence-corrected chi connectivity index (χ1v) is 7.11. The minimum absolute atomic E-state index is 0.0348. The molecule has 0 atom stereocenters. The third-order valence-electron chi connectivity index (χ3n) is 3.81. The summed E-state index contributed by atoms with van der Waals surface area (Å²) in [6.07, 6.45) is 0.970. The molecule has 0 aliphatic rings. The van der Waals surface area contributed by atoms with Crippen LogP contribution < -0.4 is 5.32 Å². The van der Waals surface area contributed by atoms with Crippen LogP contribution in [0.5, 0.6) is 0 Å². The van der Waals surface area contributed by atoms with Crippen LogP contribution in [0.3, 0.4) is 0 Å². The van der Waals surface area contributed by atoms with Crippen LogP contribution in [0.25, 0.3) is 0 Å². The smallest absolute Gasteiger partial charge is 0.317 e. The molecule has 0 aromatic rings. The van der Waals surface area contributed by atoms with E-state index in [4.69, 9.17) is 4.74 Å². The second-order valence-corrected chi connectivity index (χ2v) is 5.23. The number of nitrogens with zero attached hydrogens (tertiary/aromatic N) is 1. The number of carboxylic acid groups (broad SMARTS) is 1. The fourth-order valence-corrected chi connectivity index (χ4v) is 2.01. The van der Waals surface area contributed by atoms with Gasteiger partial charge in [0.25, 0.3) is 0 Å². The topological polar surface area (TPSA) is 78.9 Å². The molecule has 0 rings (SSSR count). The predicted octanol–water partition coefficient (Wildman–Crippen LogP) is 1.94. The molecule has 6 heteroatoms. The average molecular weight is 288 g/mol. The molecule has 0 aromatic heterocycles. The zero-order valence-corrected chi connectivity index (χ0v) is 13.2. The number of ether oxygens (including phenoxy) is 1. The standard InChI is InChI=1S/C14H28N2O4/c1-6-14(7-2,12(17)18)10-15-13(19)16(11(3)4)8-9-20-5/h11H,6-10H2,1-5H3,(H,15,19)(H,17,18). The Balaban J connectivity index is 4.67. The monoisotopic (exact) mass is 288 g/mol. The number of carboxylic acids is 1. The van der Waals surface area contributed by atoms with Gasteiger partial charge in [0.2, 0.25) is 0 Å². The summed E-state index contributed by atoms with van der Waals surface area (Å²) >= 11 is 0. The Morgan fingerprint density at radius 2 is 1.85 bits per heavy atom. The quantitative estimate of drug-likeness (QED) is 0.679. The molecule has 6 nitrogen and oxygen atoms in total. The van der Waals surface area contributed by atoms with Gasteiger partial charge in [-0.05, 0) is 26.7 Å². The maximum atomic E-state index is 12.2. The van der Waals surface area contributed by atoms with Crippen LogP contribution in [0.15, 0.2) is 0 Å². The molecule has 0 saturated carbocycles. The van der Waals surface area contributed by atoms with Crippen LogP contribution in [-0.4, -0.2) is 54.9 Å². The first-order valence-electron chi connectivity index (χ1n) is 7.11. The fourth-order valence-electron chi connectivity index (χ4n) is 2.01. The highest BCUT2D eigenvalue weighted by Gasteiger charge is 2.35. The Hall–Kier alpha value is -1.30. The van der Waals surface area contributed by atoms with E-state index < -0.39 is 11.4 Å². The summed E-state index contributed by atoms with van der Waals surface area (Å²) in [5.41, 5.74) is -0.889. The Labute approximate surface area is 121 Å².